The lowest BCUT2D eigenvalue weighted by Crippen LogP contribution is -2.52. The predicted molar refractivity (Wildman–Crippen MR) is 132 cm³/mol. The number of fused-ring (bicyclic) bond motifs is 2. The smallest absolute Gasteiger partial charge is 0.310 e. The highest BCUT2D eigenvalue weighted by atomic mass is 16.5. The quantitative estimate of drug-likeness (QED) is 0.399. The Morgan fingerprint density at radius 1 is 1.22 bits per heavy atom. The monoisotopic (exact) mass is 497 g/mol. The fraction of sp³-hybridized carbons (Fsp3) is 0.577. The maximum absolute atomic E-state index is 13.9. The normalized spacial score (nSPS) is 26.3. The lowest BCUT2D eigenvalue weighted by atomic mass is 9.70. The van der Waals surface area contributed by atoms with E-state index in [1.165, 1.54) is 4.90 Å². The molecule has 1 fully saturated rings. The molecule has 1 aromatic heterocycles. The first-order valence-electron chi connectivity index (χ1n) is 12.6. The number of aromatic nitrogens is 3. The second-order valence-corrected chi connectivity index (χ2v) is 10.1. The van der Waals surface area contributed by atoms with E-state index in [0.717, 1.165) is 5.52 Å². The molecule has 10 nitrogen and oxygen atoms in total. The van der Waals surface area contributed by atoms with Crippen LogP contribution in [-0.4, -0.2) is 68.1 Å². The summed E-state index contributed by atoms with van der Waals surface area (Å²) in [6.07, 6.45) is 4.30. The summed E-state index contributed by atoms with van der Waals surface area (Å²) in [7, 11) is 0. The van der Waals surface area contributed by atoms with Gasteiger partial charge >= 0.3 is 5.97 Å². The lowest BCUT2D eigenvalue weighted by Gasteiger charge is -2.34. The molecule has 0 bridgehead atoms. The van der Waals surface area contributed by atoms with Gasteiger partial charge in [0.15, 0.2) is 0 Å². The molecule has 0 unspecified atom stereocenters. The maximum Gasteiger partial charge on any atom is 0.310 e. The number of hydrogen-bond acceptors (Lipinski definition) is 7. The summed E-state index contributed by atoms with van der Waals surface area (Å²) in [6.45, 7) is 7.64. The fourth-order valence-electron chi connectivity index (χ4n) is 5.64. The number of benzene rings is 1. The van der Waals surface area contributed by atoms with E-state index in [4.69, 9.17) is 4.74 Å². The Hall–Kier alpha value is -3.27. The SMILES string of the molecule is CCOC(=O)[C@H]1[C@H]2C(=O)N([C@@H](CO)CC(C)C)[C@H](C(=O)NCn3nnc4ccccc43)[C@H]2C=C[C@H]1C. The Bertz CT molecular complexity index is 1140. The van der Waals surface area contributed by atoms with Crippen molar-refractivity contribution in [1.82, 2.24) is 25.2 Å². The summed E-state index contributed by atoms with van der Waals surface area (Å²) < 4.78 is 6.90. The second-order valence-electron chi connectivity index (χ2n) is 10.1. The molecule has 10 heteroatoms. The number of allylic oxidation sites excluding steroid dienone is 1. The summed E-state index contributed by atoms with van der Waals surface area (Å²) in [5.74, 6) is -3.04. The van der Waals surface area contributed by atoms with Crippen LogP contribution in [0.4, 0.5) is 0 Å². The van der Waals surface area contributed by atoms with Gasteiger partial charge in [-0.25, -0.2) is 4.68 Å². The van der Waals surface area contributed by atoms with Crippen LogP contribution in [0.25, 0.3) is 11.0 Å². The van der Waals surface area contributed by atoms with Crippen molar-refractivity contribution in [3.8, 4) is 0 Å². The van der Waals surface area contributed by atoms with Crippen LogP contribution >= 0.6 is 0 Å². The van der Waals surface area contributed by atoms with E-state index in [-0.39, 0.29) is 43.5 Å². The Morgan fingerprint density at radius 2 is 1.97 bits per heavy atom. The summed E-state index contributed by atoms with van der Waals surface area (Å²) >= 11 is 0. The molecule has 0 spiro atoms. The zero-order valence-electron chi connectivity index (χ0n) is 21.2. The van der Waals surface area contributed by atoms with Crippen molar-refractivity contribution in [2.75, 3.05) is 13.2 Å². The summed E-state index contributed by atoms with van der Waals surface area (Å²) in [6, 6.07) is 6.02. The molecular weight excluding hydrogens is 462 g/mol. The average molecular weight is 498 g/mol. The molecule has 1 saturated heterocycles. The molecular formula is C26H35N5O5. The van der Waals surface area contributed by atoms with Crippen LogP contribution in [-0.2, 0) is 25.8 Å². The van der Waals surface area contributed by atoms with Gasteiger partial charge in [-0.3, -0.25) is 14.4 Å². The van der Waals surface area contributed by atoms with Crippen molar-refractivity contribution < 1.29 is 24.2 Å². The van der Waals surface area contributed by atoms with E-state index in [1.807, 2.05) is 57.2 Å². The van der Waals surface area contributed by atoms with Crippen molar-refractivity contribution in [1.29, 1.82) is 0 Å². The van der Waals surface area contributed by atoms with Crippen LogP contribution in [0.1, 0.15) is 34.1 Å². The van der Waals surface area contributed by atoms with E-state index in [1.54, 1.807) is 11.6 Å². The van der Waals surface area contributed by atoms with Crippen LogP contribution in [0, 0.1) is 29.6 Å². The number of aliphatic hydroxyl groups is 1. The molecule has 6 atom stereocenters. The minimum atomic E-state index is -0.867. The third kappa shape index (κ3) is 4.74. The highest BCUT2D eigenvalue weighted by Gasteiger charge is 2.58. The summed E-state index contributed by atoms with van der Waals surface area (Å²) in [4.78, 5) is 42.0. The molecule has 2 aliphatic rings. The third-order valence-electron chi connectivity index (χ3n) is 7.21. The Balaban J connectivity index is 1.66. The van der Waals surface area contributed by atoms with Crippen molar-refractivity contribution in [2.45, 2.75) is 52.9 Å². The zero-order chi connectivity index (χ0) is 26.0. The van der Waals surface area contributed by atoms with Crippen molar-refractivity contribution in [3.63, 3.8) is 0 Å². The van der Waals surface area contributed by atoms with E-state index in [9.17, 15) is 19.5 Å². The number of ether oxygens (including phenoxy) is 1. The highest BCUT2D eigenvalue weighted by Crippen LogP contribution is 2.45. The molecule has 2 heterocycles. The summed E-state index contributed by atoms with van der Waals surface area (Å²) in [5, 5.41) is 21.4. The first-order chi connectivity index (χ1) is 17.3. The van der Waals surface area contributed by atoms with Gasteiger partial charge in [-0.05, 0) is 37.3 Å². The second kappa shape index (κ2) is 10.8. The van der Waals surface area contributed by atoms with E-state index in [0.29, 0.717) is 11.9 Å². The molecule has 1 aliphatic carbocycles. The number of hydrogen-bond donors (Lipinski definition) is 2. The largest absolute Gasteiger partial charge is 0.466 e. The van der Waals surface area contributed by atoms with Gasteiger partial charge in [0.1, 0.15) is 18.2 Å². The van der Waals surface area contributed by atoms with Crippen molar-refractivity contribution in [2.24, 2.45) is 29.6 Å². The van der Waals surface area contributed by atoms with E-state index in [2.05, 4.69) is 15.6 Å². The molecule has 36 heavy (non-hydrogen) atoms. The Morgan fingerprint density at radius 3 is 2.67 bits per heavy atom. The average Bonchev–Trinajstić information content (AvgIpc) is 3.39. The van der Waals surface area contributed by atoms with Gasteiger partial charge in [-0.1, -0.05) is 50.3 Å². The van der Waals surface area contributed by atoms with Crippen LogP contribution in [0.3, 0.4) is 0 Å². The number of carbonyl (C=O) groups is 3. The number of para-hydroxylation sites is 1. The maximum atomic E-state index is 13.9. The van der Waals surface area contributed by atoms with Crippen LogP contribution in [0.5, 0.6) is 0 Å². The van der Waals surface area contributed by atoms with E-state index < -0.39 is 35.8 Å². The van der Waals surface area contributed by atoms with Gasteiger partial charge in [0, 0.05) is 5.92 Å². The Labute approximate surface area is 210 Å². The van der Waals surface area contributed by atoms with Gasteiger partial charge in [0.25, 0.3) is 0 Å². The molecule has 2 N–H and O–H groups in total. The number of aliphatic hydroxyl groups excluding tert-OH is 1. The molecule has 0 saturated carbocycles. The minimum Gasteiger partial charge on any atom is -0.466 e. The van der Waals surface area contributed by atoms with Crippen molar-refractivity contribution in [3.05, 3.63) is 36.4 Å². The van der Waals surface area contributed by atoms with Gasteiger partial charge in [0.2, 0.25) is 11.8 Å². The first kappa shape index (κ1) is 25.8. The first-order valence-corrected chi connectivity index (χ1v) is 12.6. The molecule has 2 amide bonds. The van der Waals surface area contributed by atoms with E-state index >= 15 is 0 Å². The molecule has 194 valence electrons. The number of esters is 1. The Kier molecular flexibility index (Phi) is 7.73. The highest BCUT2D eigenvalue weighted by molar-refractivity contribution is 5.96. The van der Waals surface area contributed by atoms with Gasteiger partial charge in [-0.15, -0.1) is 5.10 Å². The fourth-order valence-corrected chi connectivity index (χ4v) is 5.64. The van der Waals surface area contributed by atoms with Gasteiger partial charge in [-0.2, -0.15) is 0 Å². The number of carbonyl (C=O) groups excluding carboxylic acids is 3. The topological polar surface area (TPSA) is 127 Å². The number of rotatable bonds is 9. The third-order valence-corrected chi connectivity index (χ3v) is 7.21. The molecule has 1 aliphatic heterocycles. The lowest BCUT2D eigenvalue weighted by molar-refractivity contribution is -0.156. The molecule has 2 aromatic rings. The number of amides is 2. The summed E-state index contributed by atoms with van der Waals surface area (Å²) in [5.41, 5.74) is 1.49. The number of nitrogens with one attached hydrogen (secondary N) is 1. The van der Waals surface area contributed by atoms with Crippen LogP contribution in [0.2, 0.25) is 0 Å². The standard InChI is InChI=1S/C26H35N5O5/c1-5-36-26(35)21-16(4)10-11-18-22(21)25(34)31(17(13-32)12-15(2)3)23(18)24(33)27-14-30-20-9-7-6-8-19(20)28-29-30/h6-11,15-18,21-23,32H,5,12-14H2,1-4H3,(H,27,33)/t16-,17-,18+,21-,22+,23+/m1/s1. The van der Waals surface area contributed by atoms with Crippen molar-refractivity contribution >= 4 is 28.8 Å². The minimum absolute atomic E-state index is 0.0741. The molecule has 0 radical (unpaired) electrons. The molecule has 1 aromatic carbocycles. The molecule has 4 rings (SSSR count). The van der Waals surface area contributed by atoms with Gasteiger partial charge in [0.05, 0.1) is 36.6 Å². The predicted octanol–water partition coefficient (Wildman–Crippen LogP) is 1.74. The van der Waals surface area contributed by atoms with Gasteiger partial charge < -0.3 is 20.1 Å². The zero-order valence-corrected chi connectivity index (χ0v) is 21.2. The number of likely N-dealkylation sites (tertiary alicyclic amines) is 1. The van der Waals surface area contributed by atoms with Crippen LogP contribution in [0.15, 0.2) is 36.4 Å². The number of nitrogens with zero attached hydrogens (tertiary/aromatic N) is 4. The van der Waals surface area contributed by atoms with Crippen LogP contribution < -0.4 is 5.32 Å².